The number of carbonyl (C=O) groups is 5. The maximum atomic E-state index is 13.2. The molecule has 0 bridgehead atoms. The predicted molar refractivity (Wildman–Crippen MR) is 209 cm³/mol. The molecule has 0 saturated carbocycles. The van der Waals surface area contributed by atoms with E-state index >= 15 is 0 Å². The van der Waals surface area contributed by atoms with Crippen molar-refractivity contribution in [2.75, 3.05) is 73.4 Å². The number of carboxylic acids is 1. The standard InChI is InChI=1S/C37H49N7O11S/c1-3-15-38-35(48)42-30-7-5-9-32(24-30)56(51,52)44-31-8-4-6-27(23-31)33(25-34(46)47)43-37(50)41-29-12-10-28(11-13-29)40-36(49)39-16-18-54-20-22-55-21-19-53-17-14-26(2)45/h4-13,23-24,33,44H,3,14-22,25H2,1-2H3,(H,46,47)(H2,38,42,48)(H2,39,40,49)(H2,41,43,50)/t33-/m1/s1. The van der Waals surface area contributed by atoms with Gasteiger partial charge in [0.05, 0.1) is 57.0 Å². The maximum Gasteiger partial charge on any atom is 0.319 e. The van der Waals surface area contributed by atoms with Crippen LogP contribution in [0.15, 0.2) is 77.7 Å². The van der Waals surface area contributed by atoms with E-state index in [0.717, 1.165) is 6.42 Å². The zero-order valence-corrected chi connectivity index (χ0v) is 32.0. The topological polar surface area (TPSA) is 252 Å². The third-order valence-corrected chi connectivity index (χ3v) is 8.82. The van der Waals surface area contributed by atoms with Gasteiger partial charge in [0.15, 0.2) is 0 Å². The normalized spacial score (nSPS) is 11.5. The fourth-order valence-electron chi connectivity index (χ4n) is 4.75. The zero-order chi connectivity index (χ0) is 40.8. The molecule has 0 spiro atoms. The van der Waals surface area contributed by atoms with Crippen molar-refractivity contribution in [2.24, 2.45) is 0 Å². The molecule has 0 saturated heterocycles. The van der Waals surface area contributed by atoms with Gasteiger partial charge in [-0.3, -0.25) is 14.3 Å². The summed E-state index contributed by atoms with van der Waals surface area (Å²) in [5.41, 5.74) is 1.49. The molecular weight excluding hydrogens is 751 g/mol. The number of rotatable bonds is 24. The van der Waals surface area contributed by atoms with Crippen molar-refractivity contribution in [2.45, 2.75) is 44.0 Å². The van der Waals surface area contributed by atoms with Gasteiger partial charge in [0.2, 0.25) is 0 Å². The lowest BCUT2D eigenvalue weighted by Gasteiger charge is -2.19. The number of nitrogens with one attached hydrogen (secondary N) is 7. The van der Waals surface area contributed by atoms with Gasteiger partial charge in [0.25, 0.3) is 10.0 Å². The number of Topliss-reactive ketones (excluding diaryl/α,β-unsaturated/α-hetero) is 1. The first-order valence-corrected chi connectivity index (χ1v) is 19.3. The van der Waals surface area contributed by atoms with Gasteiger partial charge in [-0.15, -0.1) is 0 Å². The molecule has 0 radical (unpaired) electrons. The van der Waals surface area contributed by atoms with Crippen molar-refractivity contribution in [3.05, 3.63) is 78.4 Å². The van der Waals surface area contributed by atoms with Crippen LogP contribution >= 0.6 is 0 Å². The maximum absolute atomic E-state index is 13.2. The molecule has 3 rings (SSSR count). The lowest BCUT2D eigenvalue weighted by molar-refractivity contribution is -0.137. The fourth-order valence-corrected chi connectivity index (χ4v) is 5.84. The molecule has 0 aliphatic carbocycles. The third kappa shape index (κ3) is 17.6. The molecule has 18 nitrogen and oxygen atoms in total. The van der Waals surface area contributed by atoms with Crippen LogP contribution in [0.5, 0.6) is 0 Å². The Labute approximate surface area is 325 Å². The van der Waals surface area contributed by atoms with E-state index in [2.05, 4.69) is 36.6 Å². The first-order valence-electron chi connectivity index (χ1n) is 17.8. The number of urea groups is 3. The number of aliphatic carboxylic acids is 1. The van der Waals surface area contributed by atoms with E-state index in [0.29, 0.717) is 62.9 Å². The molecule has 56 heavy (non-hydrogen) atoms. The van der Waals surface area contributed by atoms with Gasteiger partial charge in [-0.1, -0.05) is 25.1 Å². The summed E-state index contributed by atoms with van der Waals surface area (Å²) in [7, 11) is -4.13. The largest absolute Gasteiger partial charge is 0.481 e. The minimum atomic E-state index is -4.13. The van der Waals surface area contributed by atoms with Crippen LogP contribution in [0.4, 0.5) is 37.1 Å². The van der Waals surface area contributed by atoms with Gasteiger partial charge in [0.1, 0.15) is 5.78 Å². The molecule has 0 heterocycles. The lowest BCUT2D eigenvalue weighted by atomic mass is 10.0. The highest BCUT2D eigenvalue weighted by molar-refractivity contribution is 7.92. The van der Waals surface area contributed by atoms with Crippen molar-refractivity contribution in [3.63, 3.8) is 0 Å². The number of amides is 6. The Hall–Kier alpha value is -5.76. The summed E-state index contributed by atoms with van der Waals surface area (Å²) in [5, 5.41) is 25.3. The smallest absolute Gasteiger partial charge is 0.319 e. The lowest BCUT2D eigenvalue weighted by Crippen LogP contribution is -2.34. The van der Waals surface area contributed by atoms with Crippen LogP contribution < -0.4 is 36.6 Å². The highest BCUT2D eigenvalue weighted by atomic mass is 32.2. The molecule has 8 N–H and O–H groups in total. The third-order valence-electron chi connectivity index (χ3n) is 7.44. The summed E-state index contributed by atoms with van der Waals surface area (Å²) < 4.78 is 44.9. The molecule has 0 unspecified atom stereocenters. The minimum absolute atomic E-state index is 0.0710. The van der Waals surface area contributed by atoms with E-state index in [1.165, 1.54) is 55.5 Å². The monoisotopic (exact) mass is 799 g/mol. The van der Waals surface area contributed by atoms with E-state index in [9.17, 15) is 37.5 Å². The SMILES string of the molecule is CCCNC(=O)Nc1cccc(S(=O)(=O)Nc2cccc([C@@H](CC(=O)O)NC(=O)Nc3ccc(NC(=O)NCCOCCOCCOCCC(C)=O)cc3)c2)c1. The van der Waals surface area contributed by atoms with E-state index in [1.807, 2.05) is 6.92 Å². The van der Waals surface area contributed by atoms with Crippen molar-refractivity contribution in [1.29, 1.82) is 0 Å². The number of ether oxygens (including phenoxy) is 3. The van der Waals surface area contributed by atoms with Crippen molar-refractivity contribution in [3.8, 4) is 0 Å². The number of sulfonamides is 1. The Bertz CT molecular complexity index is 1860. The second-order valence-electron chi connectivity index (χ2n) is 12.1. The summed E-state index contributed by atoms with van der Waals surface area (Å²) in [6.07, 6.45) is 0.602. The summed E-state index contributed by atoms with van der Waals surface area (Å²) in [6.45, 7) is 6.20. The summed E-state index contributed by atoms with van der Waals surface area (Å²) >= 11 is 0. The van der Waals surface area contributed by atoms with Gasteiger partial charge in [-0.25, -0.2) is 22.8 Å². The summed E-state index contributed by atoms with van der Waals surface area (Å²) in [5.74, 6) is -1.13. The molecule has 0 fully saturated rings. The quantitative estimate of drug-likeness (QED) is 0.0586. The number of carboxylic acid groups (broad SMARTS) is 1. The van der Waals surface area contributed by atoms with Gasteiger partial charge < -0.3 is 51.2 Å². The molecule has 0 aliphatic heterocycles. The average Bonchev–Trinajstić information content (AvgIpc) is 3.14. The minimum Gasteiger partial charge on any atom is -0.481 e. The molecule has 19 heteroatoms. The number of hydrogen-bond acceptors (Lipinski definition) is 10. The number of anilines is 4. The van der Waals surface area contributed by atoms with Crippen LogP contribution in [0.1, 0.15) is 44.7 Å². The molecule has 6 amide bonds. The fraction of sp³-hybridized carbons (Fsp3) is 0.378. The Balaban J connectivity index is 1.46. The molecule has 3 aromatic rings. The molecule has 0 aliphatic rings. The van der Waals surface area contributed by atoms with Gasteiger partial charge >= 0.3 is 24.1 Å². The van der Waals surface area contributed by atoms with E-state index < -0.39 is 46.5 Å². The second-order valence-corrected chi connectivity index (χ2v) is 13.8. The first kappa shape index (κ1) is 44.6. The molecule has 3 aromatic carbocycles. The van der Waals surface area contributed by atoms with Crippen LogP contribution in [0.3, 0.4) is 0 Å². The van der Waals surface area contributed by atoms with Crippen LogP contribution in [0.2, 0.25) is 0 Å². The molecule has 0 aromatic heterocycles. The number of ketones is 1. The van der Waals surface area contributed by atoms with Gasteiger partial charge in [-0.05, 0) is 73.5 Å². The number of hydrogen-bond donors (Lipinski definition) is 8. The van der Waals surface area contributed by atoms with E-state index in [1.54, 1.807) is 24.3 Å². The van der Waals surface area contributed by atoms with Crippen LogP contribution in [-0.4, -0.2) is 96.1 Å². The van der Waals surface area contributed by atoms with Crippen LogP contribution in [0, 0.1) is 0 Å². The Kier molecular flexibility index (Phi) is 19.1. The van der Waals surface area contributed by atoms with Gasteiger partial charge in [-0.2, -0.15) is 0 Å². The van der Waals surface area contributed by atoms with Crippen LogP contribution in [0.25, 0.3) is 0 Å². The van der Waals surface area contributed by atoms with Crippen molar-refractivity contribution < 1.29 is 51.7 Å². The second kappa shape index (κ2) is 23.9. The van der Waals surface area contributed by atoms with E-state index in [4.69, 9.17) is 14.2 Å². The zero-order valence-electron chi connectivity index (χ0n) is 31.2. The Morgan fingerprint density at radius 2 is 1.21 bits per heavy atom. The van der Waals surface area contributed by atoms with Crippen molar-refractivity contribution >= 4 is 62.6 Å². The highest BCUT2D eigenvalue weighted by Crippen LogP contribution is 2.24. The van der Waals surface area contributed by atoms with Crippen molar-refractivity contribution in [1.82, 2.24) is 16.0 Å². The summed E-state index contributed by atoms with van der Waals surface area (Å²) in [6, 6.07) is 15.1. The van der Waals surface area contributed by atoms with E-state index in [-0.39, 0.29) is 35.2 Å². The molecular formula is C37H49N7O11S. The Morgan fingerprint density at radius 3 is 1.84 bits per heavy atom. The number of benzene rings is 3. The average molecular weight is 800 g/mol. The van der Waals surface area contributed by atoms with Gasteiger partial charge in [0, 0.05) is 42.3 Å². The molecule has 304 valence electrons. The predicted octanol–water partition coefficient (Wildman–Crippen LogP) is 4.51. The molecule has 1 atom stereocenters. The highest BCUT2D eigenvalue weighted by Gasteiger charge is 2.21. The number of carbonyl (C=O) groups excluding carboxylic acids is 4. The van der Waals surface area contributed by atoms with Crippen LogP contribution in [-0.2, 0) is 33.8 Å². The summed E-state index contributed by atoms with van der Waals surface area (Å²) in [4.78, 5) is 59.7. The Morgan fingerprint density at radius 1 is 0.661 bits per heavy atom. The first-order chi connectivity index (χ1) is 26.8.